The third-order valence-corrected chi connectivity index (χ3v) is 4.84. The first-order chi connectivity index (χ1) is 14.7. The molecule has 1 aromatic heterocycles. The van der Waals surface area contributed by atoms with Gasteiger partial charge in [0.25, 0.3) is 0 Å². The van der Waals surface area contributed by atoms with Crippen molar-refractivity contribution in [1.82, 2.24) is 4.90 Å². The summed E-state index contributed by atoms with van der Waals surface area (Å²) < 4.78 is 5.40. The zero-order valence-corrected chi connectivity index (χ0v) is 16.5. The molecular weight excluding hydrogens is 376 g/mol. The first-order valence-electron chi connectivity index (χ1n) is 9.80. The molecule has 0 saturated carbocycles. The van der Waals surface area contributed by atoms with Crippen molar-refractivity contribution < 1.29 is 14.0 Å². The van der Waals surface area contributed by atoms with E-state index in [1.807, 2.05) is 72.8 Å². The number of rotatable bonds is 7. The average molecular weight is 398 g/mol. The van der Waals surface area contributed by atoms with Crippen LogP contribution < -0.4 is 5.32 Å². The van der Waals surface area contributed by atoms with Crippen molar-refractivity contribution in [2.75, 3.05) is 11.9 Å². The number of anilines is 1. The fourth-order valence-corrected chi connectivity index (χ4v) is 3.35. The summed E-state index contributed by atoms with van der Waals surface area (Å²) in [7, 11) is 0. The number of amides is 2. The van der Waals surface area contributed by atoms with Gasteiger partial charge < -0.3 is 14.6 Å². The standard InChI is InChI=1S/C25H22N2O3/c28-24(26-22-9-2-1-3-10-22)18-27(17-23-11-6-14-30-23)25(29)16-19-12-13-20-7-4-5-8-21(20)15-19/h1-15H,16-18H2,(H,26,28). The van der Waals surface area contributed by atoms with E-state index < -0.39 is 0 Å². The Bertz CT molecular complexity index is 1140. The molecule has 0 spiro atoms. The number of nitrogens with one attached hydrogen (secondary N) is 1. The first kappa shape index (κ1) is 19.5. The number of nitrogens with zero attached hydrogens (tertiary/aromatic N) is 1. The van der Waals surface area contributed by atoms with Crippen LogP contribution in [0.15, 0.2) is 95.6 Å². The molecule has 0 fully saturated rings. The molecule has 150 valence electrons. The lowest BCUT2D eigenvalue weighted by Crippen LogP contribution is -2.38. The number of furan rings is 1. The highest BCUT2D eigenvalue weighted by Crippen LogP contribution is 2.17. The van der Waals surface area contributed by atoms with Crippen LogP contribution in [0.2, 0.25) is 0 Å². The lowest BCUT2D eigenvalue weighted by Gasteiger charge is -2.21. The van der Waals surface area contributed by atoms with Gasteiger partial charge in [0.15, 0.2) is 0 Å². The van der Waals surface area contributed by atoms with Crippen molar-refractivity contribution in [3.05, 3.63) is 103 Å². The predicted octanol–water partition coefficient (Wildman–Crippen LogP) is 4.64. The zero-order valence-electron chi connectivity index (χ0n) is 16.5. The van der Waals surface area contributed by atoms with Crippen LogP contribution in [0.3, 0.4) is 0 Å². The number of carbonyl (C=O) groups is 2. The fraction of sp³-hybridized carbons (Fsp3) is 0.120. The molecule has 4 aromatic rings. The van der Waals surface area contributed by atoms with E-state index in [4.69, 9.17) is 4.42 Å². The first-order valence-corrected chi connectivity index (χ1v) is 9.80. The van der Waals surface area contributed by atoms with Crippen molar-refractivity contribution in [2.45, 2.75) is 13.0 Å². The molecule has 3 aromatic carbocycles. The molecule has 0 atom stereocenters. The minimum Gasteiger partial charge on any atom is -0.467 e. The topological polar surface area (TPSA) is 62.6 Å². The van der Waals surface area contributed by atoms with Gasteiger partial charge in [-0.2, -0.15) is 0 Å². The number of carbonyl (C=O) groups excluding carboxylic acids is 2. The lowest BCUT2D eigenvalue weighted by molar-refractivity contribution is -0.134. The van der Waals surface area contributed by atoms with Crippen molar-refractivity contribution in [1.29, 1.82) is 0 Å². The molecule has 30 heavy (non-hydrogen) atoms. The maximum atomic E-state index is 13.1. The Morgan fingerprint density at radius 1 is 0.833 bits per heavy atom. The van der Waals surface area contributed by atoms with Gasteiger partial charge in [0, 0.05) is 5.69 Å². The summed E-state index contributed by atoms with van der Waals surface area (Å²) in [5, 5.41) is 5.04. The van der Waals surface area contributed by atoms with E-state index in [-0.39, 0.29) is 31.3 Å². The summed E-state index contributed by atoms with van der Waals surface area (Å²) in [5.41, 5.74) is 1.61. The molecule has 0 saturated heterocycles. The van der Waals surface area contributed by atoms with Crippen LogP contribution in [0.4, 0.5) is 5.69 Å². The maximum Gasteiger partial charge on any atom is 0.244 e. The Balaban J connectivity index is 1.48. The van der Waals surface area contributed by atoms with Crippen LogP contribution in [-0.2, 0) is 22.6 Å². The largest absolute Gasteiger partial charge is 0.467 e. The Morgan fingerprint density at radius 2 is 1.60 bits per heavy atom. The third kappa shape index (κ3) is 4.94. The van der Waals surface area contributed by atoms with E-state index in [1.54, 1.807) is 18.4 Å². The van der Waals surface area contributed by atoms with Crippen LogP contribution >= 0.6 is 0 Å². The van der Waals surface area contributed by atoms with Crippen LogP contribution in [0, 0.1) is 0 Å². The normalized spacial score (nSPS) is 10.7. The third-order valence-electron chi connectivity index (χ3n) is 4.84. The monoisotopic (exact) mass is 398 g/mol. The van der Waals surface area contributed by atoms with Gasteiger partial charge in [-0.15, -0.1) is 0 Å². The highest BCUT2D eigenvalue weighted by Gasteiger charge is 2.19. The average Bonchev–Trinajstić information content (AvgIpc) is 3.27. The van der Waals surface area contributed by atoms with Gasteiger partial charge in [-0.25, -0.2) is 0 Å². The summed E-state index contributed by atoms with van der Waals surface area (Å²) in [6.45, 7) is 0.184. The Morgan fingerprint density at radius 3 is 2.37 bits per heavy atom. The molecule has 2 amide bonds. The Hall–Kier alpha value is -3.86. The molecule has 4 rings (SSSR count). The second-order valence-corrected chi connectivity index (χ2v) is 7.10. The molecule has 0 bridgehead atoms. The summed E-state index contributed by atoms with van der Waals surface area (Å²) in [6, 6.07) is 26.8. The second kappa shape index (κ2) is 9.09. The predicted molar refractivity (Wildman–Crippen MR) is 117 cm³/mol. The van der Waals surface area contributed by atoms with E-state index in [1.165, 1.54) is 4.90 Å². The van der Waals surface area contributed by atoms with Gasteiger partial charge in [-0.3, -0.25) is 9.59 Å². The van der Waals surface area contributed by atoms with Gasteiger partial charge in [0.1, 0.15) is 12.3 Å². The molecular formula is C25H22N2O3. The second-order valence-electron chi connectivity index (χ2n) is 7.10. The molecule has 0 aliphatic rings. The fourth-order valence-electron chi connectivity index (χ4n) is 3.35. The van der Waals surface area contributed by atoms with Crippen molar-refractivity contribution in [2.24, 2.45) is 0 Å². The van der Waals surface area contributed by atoms with E-state index in [0.29, 0.717) is 11.4 Å². The van der Waals surface area contributed by atoms with Crippen LogP contribution in [0.25, 0.3) is 10.8 Å². The summed E-state index contributed by atoms with van der Waals surface area (Å²) in [6.07, 6.45) is 1.77. The summed E-state index contributed by atoms with van der Waals surface area (Å²) >= 11 is 0. The van der Waals surface area contributed by atoms with Crippen molar-refractivity contribution >= 4 is 28.3 Å². The van der Waals surface area contributed by atoms with Crippen LogP contribution in [0.1, 0.15) is 11.3 Å². The molecule has 5 nitrogen and oxygen atoms in total. The minimum absolute atomic E-state index is 0.0536. The molecule has 1 N–H and O–H groups in total. The van der Waals surface area contributed by atoms with Gasteiger partial charge in [-0.05, 0) is 40.6 Å². The molecule has 1 heterocycles. The number of benzene rings is 3. The quantitative estimate of drug-likeness (QED) is 0.493. The number of hydrogen-bond donors (Lipinski definition) is 1. The Kier molecular flexibility index (Phi) is 5.90. The van der Waals surface area contributed by atoms with Gasteiger partial charge in [0.2, 0.25) is 11.8 Å². The van der Waals surface area contributed by atoms with E-state index in [0.717, 1.165) is 16.3 Å². The maximum absolute atomic E-state index is 13.1. The van der Waals surface area contributed by atoms with Gasteiger partial charge >= 0.3 is 0 Å². The van der Waals surface area contributed by atoms with E-state index in [9.17, 15) is 9.59 Å². The minimum atomic E-state index is -0.250. The SMILES string of the molecule is O=C(CN(Cc1ccco1)C(=O)Cc1ccc2ccccc2c1)Nc1ccccc1. The summed E-state index contributed by atoms with van der Waals surface area (Å²) in [4.78, 5) is 27.1. The Labute approximate surface area is 174 Å². The number of fused-ring (bicyclic) bond motifs is 1. The molecule has 0 aliphatic heterocycles. The van der Waals surface area contributed by atoms with Gasteiger partial charge in [-0.1, -0.05) is 60.7 Å². The highest BCUT2D eigenvalue weighted by atomic mass is 16.3. The zero-order chi connectivity index (χ0) is 20.8. The number of para-hydroxylation sites is 1. The number of hydrogen-bond acceptors (Lipinski definition) is 3. The molecule has 5 heteroatoms. The van der Waals surface area contributed by atoms with Crippen LogP contribution in [-0.4, -0.2) is 23.3 Å². The van der Waals surface area contributed by atoms with Crippen molar-refractivity contribution in [3.63, 3.8) is 0 Å². The van der Waals surface area contributed by atoms with E-state index >= 15 is 0 Å². The molecule has 0 radical (unpaired) electrons. The van der Waals surface area contributed by atoms with Crippen molar-refractivity contribution in [3.8, 4) is 0 Å². The lowest BCUT2D eigenvalue weighted by atomic mass is 10.0. The van der Waals surface area contributed by atoms with E-state index in [2.05, 4.69) is 5.32 Å². The summed E-state index contributed by atoms with van der Waals surface area (Å²) in [5.74, 6) is 0.249. The smallest absolute Gasteiger partial charge is 0.244 e. The highest BCUT2D eigenvalue weighted by molar-refractivity contribution is 5.95. The van der Waals surface area contributed by atoms with Crippen LogP contribution in [0.5, 0.6) is 0 Å². The van der Waals surface area contributed by atoms with Gasteiger partial charge in [0.05, 0.1) is 19.2 Å². The molecule has 0 aliphatic carbocycles. The molecule has 0 unspecified atom stereocenters.